The normalized spacial score (nSPS) is 11.4. The molecule has 2 rings (SSSR count). The topological polar surface area (TPSA) is 96.0 Å². The van der Waals surface area contributed by atoms with E-state index >= 15 is 0 Å². The van der Waals surface area contributed by atoms with Gasteiger partial charge in [0.15, 0.2) is 12.3 Å². The lowest BCUT2D eigenvalue weighted by molar-refractivity contribution is -0.117. The molecule has 1 amide bonds. The minimum Gasteiger partial charge on any atom is -0.451 e. The van der Waals surface area contributed by atoms with Crippen LogP contribution in [0.1, 0.15) is 16.1 Å². The molecule has 0 fully saturated rings. The van der Waals surface area contributed by atoms with Crippen molar-refractivity contribution in [2.75, 3.05) is 5.32 Å². The molecule has 6 nitrogen and oxygen atoms in total. The molecule has 1 aromatic carbocycles. The second kappa shape index (κ2) is 5.80. The fourth-order valence-corrected chi connectivity index (χ4v) is 1.66. The van der Waals surface area contributed by atoms with Gasteiger partial charge in [0.25, 0.3) is 0 Å². The maximum atomic E-state index is 12.0. The van der Waals surface area contributed by atoms with Gasteiger partial charge < -0.3 is 9.73 Å². The zero-order valence-electron chi connectivity index (χ0n) is 10.7. The fraction of sp³-hybridized carbons (Fsp3) is 0.143. The summed E-state index contributed by atoms with van der Waals surface area (Å²) in [6, 6.07) is 8.75. The van der Waals surface area contributed by atoms with Crippen LogP contribution in [-0.2, 0) is 4.79 Å². The summed E-state index contributed by atoms with van der Waals surface area (Å²) in [4.78, 5) is 27.5. The second-order valence-electron chi connectivity index (χ2n) is 4.16. The van der Waals surface area contributed by atoms with E-state index in [1.165, 1.54) is 0 Å². The minimum atomic E-state index is -1.46. The Kier molecular flexibility index (Phi) is 3.91. The van der Waals surface area contributed by atoms with Crippen LogP contribution in [0.3, 0.4) is 0 Å². The summed E-state index contributed by atoms with van der Waals surface area (Å²) < 4.78 is 4.67. The van der Waals surface area contributed by atoms with Gasteiger partial charge in [0.1, 0.15) is 12.0 Å². The molecule has 0 bridgehead atoms. The SMILES string of the molecule is Cc1cccc(NC(=O)C(C#N)C(=O)c2cocn2)c1. The number of carbonyl (C=O) groups is 2. The number of ketones is 1. The van der Waals surface area contributed by atoms with Crippen LogP contribution in [0.25, 0.3) is 0 Å². The van der Waals surface area contributed by atoms with Crippen molar-refractivity contribution in [3.63, 3.8) is 0 Å². The number of oxazole rings is 1. The molecule has 0 aliphatic heterocycles. The Bertz CT molecular complexity index is 671. The Morgan fingerprint density at radius 3 is 2.85 bits per heavy atom. The molecular weight excluding hydrogens is 258 g/mol. The average molecular weight is 269 g/mol. The third-order valence-corrected chi connectivity index (χ3v) is 2.62. The Labute approximate surface area is 115 Å². The van der Waals surface area contributed by atoms with Crippen molar-refractivity contribution in [3.8, 4) is 6.07 Å². The van der Waals surface area contributed by atoms with Gasteiger partial charge in [-0.2, -0.15) is 5.26 Å². The highest BCUT2D eigenvalue weighted by Crippen LogP contribution is 2.13. The number of nitrogens with one attached hydrogen (secondary N) is 1. The standard InChI is InChI=1S/C14H11N3O3/c1-9-3-2-4-10(5-9)17-14(19)11(6-15)13(18)12-7-20-8-16-12/h2-5,7-8,11H,1H3,(H,17,19). The molecule has 2 aromatic rings. The monoisotopic (exact) mass is 269 g/mol. The van der Waals surface area contributed by atoms with Crippen molar-refractivity contribution in [3.05, 3.63) is 48.2 Å². The number of rotatable bonds is 4. The molecular formula is C14H11N3O3. The number of nitrogens with zero attached hydrogens (tertiary/aromatic N) is 2. The molecule has 20 heavy (non-hydrogen) atoms. The molecule has 0 aliphatic rings. The number of aryl methyl sites for hydroxylation is 1. The number of hydrogen-bond donors (Lipinski definition) is 1. The van der Waals surface area contributed by atoms with E-state index in [1.807, 2.05) is 13.0 Å². The van der Waals surface area contributed by atoms with Crippen molar-refractivity contribution in [2.45, 2.75) is 6.92 Å². The van der Waals surface area contributed by atoms with Crippen LogP contribution in [0, 0.1) is 24.2 Å². The van der Waals surface area contributed by atoms with Crippen LogP contribution in [0.4, 0.5) is 5.69 Å². The van der Waals surface area contributed by atoms with E-state index in [0.29, 0.717) is 5.69 Å². The summed E-state index contributed by atoms with van der Waals surface area (Å²) in [5, 5.41) is 11.5. The molecule has 1 N–H and O–H groups in total. The molecule has 0 radical (unpaired) electrons. The van der Waals surface area contributed by atoms with Gasteiger partial charge in [0.2, 0.25) is 11.7 Å². The number of aromatic nitrogens is 1. The smallest absolute Gasteiger partial charge is 0.249 e. The van der Waals surface area contributed by atoms with Gasteiger partial charge in [0, 0.05) is 5.69 Å². The lowest BCUT2D eigenvalue weighted by Gasteiger charge is -2.08. The Hall–Kier alpha value is -2.94. The van der Waals surface area contributed by atoms with Crippen LogP contribution in [0.5, 0.6) is 0 Å². The first-order chi connectivity index (χ1) is 9.61. The molecule has 1 unspecified atom stereocenters. The third kappa shape index (κ3) is 2.90. The molecule has 0 aliphatic carbocycles. The van der Waals surface area contributed by atoms with Gasteiger partial charge in [-0.3, -0.25) is 9.59 Å². The number of carbonyl (C=O) groups excluding carboxylic acids is 2. The zero-order chi connectivity index (χ0) is 14.5. The number of nitriles is 1. The summed E-state index contributed by atoms with van der Waals surface area (Å²) >= 11 is 0. The Morgan fingerprint density at radius 2 is 2.25 bits per heavy atom. The maximum Gasteiger partial charge on any atom is 0.249 e. The molecule has 6 heteroatoms. The average Bonchev–Trinajstić information content (AvgIpc) is 2.93. The number of amides is 1. The van der Waals surface area contributed by atoms with E-state index < -0.39 is 17.6 Å². The predicted octanol–water partition coefficient (Wildman–Crippen LogP) is 1.94. The first-order valence-corrected chi connectivity index (χ1v) is 5.81. The lowest BCUT2D eigenvalue weighted by atomic mass is 10.0. The second-order valence-corrected chi connectivity index (χ2v) is 4.16. The van der Waals surface area contributed by atoms with E-state index in [4.69, 9.17) is 5.26 Å². The van der Waals surface area contributed by atoms with Crippen LogP contribution >= 0.6 is 0 Å². The van der Waals surface area contributed by atoms with E-state index in [0.717, 1.165) is 18.2 Å². The quantitative estimate of drug-likeness (QED) is 0.676. The largest absolute Gasteiger partial charge is 0.451 e. The zero-order valence-corrected chi connectivity index (χ0v) is 10.7. The summed E-state index contributed by atoms with van der Waals surface area (Å²) in [6.07, 6.45) is 2.17. The highest BCUT2D eigenvalue weighted by atomic mass is 16.3. The highest BCUT2D eigenvalue weighted by Gasteiger charge is 2.29. The predicted molar refractivity (Wildman–Crippen MR) is 69.7 cm³/mol. The summed E-state index contributed by atoms with van der Waals surface area (Å²) in [7, 11) is 0. The highest BCUT2D eigenvalue weighted by molar-refractivity contribution is 6.14. The maximum absolute atomic E-state index is 12.0. The van der Waals surface area contributed by atoms with E-state index in [9.17, 15) is 9.59 Å². The first kappa shape index (κ1) is 13.5. The molecule has 1 atom stereocenters. The summed E-state index contributed by atoms with van der Waals surface area (Å²) in [5.74, 6) is -2.84. The van der Waals surface area contributed by atoms with Gasteiger partial charge in [-0.15, -0.1) is 0 Å². The molecule has 0 saturated carbocycles. The molecule has 0 saturated heterocycles. The van der Waals surface area contributed by atoms with E-state index in [-0.39, 0.29) is 5.69 Å². The van der Waals surface area contributed by atoms with Gasteiger partial charge in [-0.1, -0.05) is 12.1 Å². The summed E-state index contributed by atoms with van der Waals surface area (Å²) in [5.41, 5.74) is 1.44. The van der Waals surface area contributed by atoms with Crippen molar-refractivity contribution in [1.82, 2.24) is 4.98 Å². The van der Waals surface area contributed by atoms with Gasteiger partial charge in [-0.25, -0.2) is 4.98 Å². The number of hydrogen-bond acceptors (Lipinski definition) is 5. The molecule has 0 spiro atoms. The third-order valence-electron chi connectivity index (χ3n) is 2.62. The molecule has 1 aromatic heterocycles. The van der Waals surface area contributed by atoms with Crippen molar-refractivity contribution >= 4 is 17.4 Å². The van der Waals surface area contributed by atoms with E-state index in [2.05, 4.69) is 14.7 Å². The van der Waals surface area contributed by atoms with Crippen LogP contribution < -0.4 is 5.32 Å². The van der Waals surface area contributed by atoms with Gasteiger partial charge >= 0.3 is 0 Å². The number of Topliss-reactive ketones (excluding diaryl/α,β-unsaturated/α-hetero) is 1. The van der Waals surface area contributed by atoms with Crippen molar-refractivity contribution < 1.29 is 14.0 Å². The lowest BCUT2D eigenvalue weighted by Crippen LogP contribution is -2.28. The Balaban J connectivity index is 2.14. The minimum absolute atomic E-state index is 0.0454. The van der Waals surface area contributed by atoms with E-state index in [1.54, 1.807) is 24.3 Å². The van der Waals surface area contributed by atoms with Gasteiger partial charge in [-0.05, 0) is 24.6 Å². The summed E-state index contributed by atoms with van der Waals surface area (Å²) in [6.45, 7) is 1.87. The van der Waals surface area contributed by atoms with Crippen molar-refractivity contribution in [2.24, 2.45) is 5.92 Å². The first-order valence-electron chi connectivity index (χ1n) is 5.81. The van der Waals surface area contributed by atoms with Gasteiger partial charge in [0.05, 0.1) is 6.07 Å². The Morgan fingerprint density at radius 1 is 1.45 bits per heavy atom. The van der Waals surface area contributed by atoms with Crippen LogP contribution in [-0.4, -0.2) is 16.7 Å². The number of anilines is 1. The molecule has 100 valence electrons. The fourth-order valence-electron chi connectivity index (χ4n) is 1.66. The van der Waals surface area contributed by atoms with Crippen LogP contribution in [0.2, 0.25) is 0 Å². The van der Waals surface area contributed by atoms with Crippen LogP contribution in [0.15, 0.2) is 41.3 Å². The number of benzene rings is 1. The van der Waals surface area contributed by atoms with Crippen molar-refractivity contribution in [1.29, 1.82) is 5.26 Å². The molecule has 1 heterocycles.